The molecule has 106 valence electrons. The molecule has 0 aliphatic rings. The maximum absolute atomic E-state index is 2.27. The van der Waals surface area contributed by atoms with Crippen molar-refractivity contribution in [2.75, 3.05) is 0 Å². The van der Waals surface area contributed by atoms with Crippen LogP contribution in [-0.4, -0.2) is 19.6 Å². The summed E-state index contributed by atoms with van der Waals surface area (Å²) >= 11 is -1.67. The molecule has 0 aliphatic carbocycles. The van der Waals surface area contributed by atoms with E-state index in [1.165, 1.54) is 10.8 Å². The average molecular weight is 389 g/mol. The summed E-state index contributed by atoms with van der Waals surface area (Å²) in [5, 5.41) is 0. The summed E-state index contributed by atoms with van der Waals surface area (Å²) in [6, 6.07) is 32.8. The summed E-state index contributed by atoms with van der Waals surface area (Å²) in [4.78, 5) is 0. The van der Waals surface area contributed by atoms with Crippen molar-refractivity contribution in [3.05, 3.63) is 91.0 Å². The van der Waals surface area contributed by atoms with Crippen molar-refractivity contribution in [3.8, 4) is 0 Å². The standard InChI is InChI=1S/C18H15Te.C2H6/c1-4-10-16(11-5-1)19(17-12-6-2-7-13-17)18-14-8-3-9-15-18;1-2/h1-15H;1-2H3/q+1;. The van der Waals surface area contributed by atoms with Crippen LogP contribution >= 0.6 is 0 Å². The third-order valence-electron chi connectivity index (χ3n) is 2.94. The van der Waals surface area contributed by atoms with Crippen LogP contribution in [0.4, 0.5) is 0 Å². The van der Waals surface area contributed by atoms with Gasteiger partial charge in [0.15, 0.2) is 0 Å². The molecular weight excluding hydrogens is 368 g/mol. The molecule has 0 N–H and O–H groups in total. The number of rotatable bonds is 3. The van der Waals surface area contributed by atoms with Gasteiger partial charge in [-0.25, -0.2) is 0 Å². The van der Waals surface area contributed by atoms with Crippen molar-refractivity contribution in [1.82, 2.24) is 0 Å². The van der Waals surface area contributed by atoms with Crippen molar-refractivity contribution in [2.45, 2.75) is 13.8 Å². The van der Waals surface area contributed by atoms with Gasteiger partial charge in [0.1, 0.15) is 0 Å². The van der Waals surface area contributed by atoms with Crippen LogP contribution in [0.5, 0.6) is 0 Å². The third-order valence-corrected chi connectivity index (χ3v) is 9.30. The van der Waals surface area contributed by atoms with Gasteiger partial charge < -0.3 is 0 Å². The SMILES string of the molecule is CC.c1ccc([Te+](c2ccccc2)c2ccccc2)cc1. The van der Waals surface area contributed by atoms with E-state index in [1.807, 2.05) is 13.8 Å². The van der Waals surface area contributed by atoms with Gasteiger partial charge in [0.25, 0.3) is 0 Å². The summed E-state index contributed by atoms with van der Waals surface area (Å²) in [5.74, 6) is 0. The quantitative estimate of drug-likeness (QED) is 0.604. The van der Waals surface area contributed by atoms with Gasteiger partial charge in [-0.15, -0.1) is 0 Å². The van der Waals surface area contributed by atoms with E-state index in [1.54, 1.807) is 0 Å². The van der Waals surface area contributed by atoms with Crippen LogP contribution in [0.2, 0.25) is 0 Å². The van der Waals surface area contributed by atoms with Crippen molar-refractivity contribution < 1.29 is 0 Å². The Hall–Kier alpha value is -1.55. The van der Waals surface area contributed by atoms with Crippen LogP contribution in [0.3, 0.4) is 0 Å². The average Bonchev–Trinajstić information content (AvgIpc) is 2.60. The van der Waals surface area contributed by atoms with Crippen LogP contribution in [0.1, 0.15) is 13.8 Å². The molecular formula is C20H21Te+. The summed E-state index contributed by atoms with van der Waals surface area (Å²) in [5.41, 5.74) is 0. The molecule has 3 rings (SSSR count). The Morgan fingerprint density at radius 3 is 0.905 bits per heavy atom. The molecule has 0 saturated carbocycles. The number of hydrogen-bond acceptors (Lipinski definition) is 0. The van der Waals surface area contributed by atoms with Crippen LogP contribution in [0.15, 0.2) is 91.0 Å². The molecule has 0 heterocycles. The Balaban J connectivity index is 0.000000774. The monoisotopic (exact) mass is 391 g/mol. The molecule has 0 atom stereocenters. The molecule has 3 aromatic rings. The van der Waals surface area contributed by atoms with Gasteiger partial charge in [-0.05, 0) is 0 Å². The molecule has 0 aliphatic heterocycles. The van der Waals surface area contributed by atoms with E-state index >= 15 is 0 Å². The second-order valence-corrected chi connectivity index (χ2v) is 10.0. The molecule has 0 fully saturated rings. The molecule has 0 amide bonds. The fraction of sp³-hybridized carbons (Fsp3) is 0.100. The van der Waals surface area contributed by atoms with Crippen LogP contribution in [-0.2, 0) is 0 Å². The van der Waals surface area contributed by atoms with Gasteiger partial charge >= 0.3 is 121 Å². The van der Waals surface area contributed by atoms with Gasteiger partial charge in [-0.3, -0.25) is 0 Å². The topological polar surface area (TPSA) is 0 Å². The summed E-state index contributed by atoms with van der Waals surface area (Å²) < 4.78 is 4.51. The molecule has 3 aromatic carbocycles. The Morgan fingerprint density at radius 2 is 0.667 bits per heavy atom. The fourth-order valence-electron chi connectivity index (χ4n) is 2.08. The molecule has 0 radical (unpaired) electrons. The molecule has 0 nitrogen and oxygen atoms in total. The predicted octanol–water partition coefficient (Wildman–Crippen LogP) is 3.23. The minimum absolute atomic E-state index is 1.50. The molecule has 0 bridgehead atoms. The van der Waals surface area contributed by atoms with Crippen molar-refractivity contribution in [1.29, 1.82) is 0 Å². The zero-order valence-electron chi connectivity index (χ0n) is 12.6. The van der Waals surface area contributed by atoms with E-state index in [2.05, 4.69) is 91.0 Å². The molecule has 0 spiro atoms. The maximum atomic E-state index is 2.27. The van der Waals surface area contributed by atoms with Crippen LogP contribution in [0.25, 0.3) is 0 Å². The second kappa shape index (κ2) is 8.67. The van der Waals surface area contributed by atoms with Gasteiger partial charge in [-0.1, -0.05) is 13.8 Å². The summed E-state index contributed by atoms with van der Waals surface area (Å²) in [7, 11) is 0. The van der Waals surface area contributed by atoms with E-state index in [-0.39, 0.29) is 0 Å². The Labute approximate surface area is 135 Å². The zero-order chi connectivity index (χ0) is 14.9. The fourth-order valence-corrected chi connectivity index (χ4v) is 8.08. The van der Waals surface area contributed by atoms with Crippen molar-refractivity contribution in [3.63, 3.8) is 0 Å². The minimum atomic E-state index is -1.67. The van der Waals surface area contributed by atoms with E-state index in [0.717, 1.165) is 0 Å². The summed E-state index contributed by atoms with van der Waals surface area (Å²) in [6.45, 7) is 4.00. The third kappa shape index (κ3) is 4.21. The van der Waals surface area contributed by atoms with Crippen molar-refractivity contribution in [2.24, 2.45) is 0 Å². The predicted molar refractivity (Wildman–Crippen MR) is 95.3 cm³/mol. The van der Waals surface area contributed by atoms with E-state index < -0.39 is 19.6 Å². The molecule has 0 saturated heterocycles. The molecule has 0 unspecified atom stereocenters. The normalized spacial score (nSPS) is 9.86. The first-order valence-electron chi connectivity index (χ1n) is 7.34. The first kappa shape index (κ1) is 15.8. The zero-order valence-corrected chi connectivity index (χ0v) is 14.9. The first-order chi connectivity index (χ1) is 10.4. The van der Waals surface area contributed by atoms with Crippen molar-refractivity contribution >= 4 is 30.4 Å². The Bertz CT molecular complexity index is 524. The van der Waals surface area contributed by atoms with Crippen LogP contribution in [0, 0.1) is 0 Å². The second-order valence-electron chi connectivity index (χ2n) is 4.25. The van der Waals surface area contributed by atoms with E-state index in [0.29, 0.717) is 0 Å². The van der Waals surface area contributed by atoms with Gasteiger partial charge in [0, 0.05) is 0 Å². The van der Waals surface area contributed by atoms with Gasteiger partial charge in [-0.2, -0.15) is 0 Å². The number of benzene rings is 3. The Morgan fingerprint density at radius 1 is 0.429 bits per heavy atom. The van der Waals surface area contributed by atoms with Crippen LogP contribution < -0.4 is 10.8 Å². The van der Waals surface area contributed by atoms with E-state index in [4.69, 9.17) is 0 Å². The number of hydrogen-bond donors (Lipinski definition) is 0. The molecule has 0 aromatic heterocycles. The van der Waals surface area contributed by atoms with Gasteiger partial charge in [0.05, 0.1) is 0 Å². The summed E-state index contributed by atoms with van der Waals surface area (Å²) in [6.07, 6.45) is 0. The first-order valence-corrected chi connectivity index (χ1v) is 10.8. The Kier molecular flexibility index (Phi) is 6.54. The van der Waals surface area contributed by atoms with Gasteiger partial charge in [0.2, 0.25) is 0 Å². The van der Waals surface area contributed by atoms with E-state index in [9.17, 15) is 0 Å². The molecule has 1 heteroatoms. The molecule has 21 heavy (non-hydrogen) atoms.